The molecule has 8 heteroatoms. The summed E-state index contributed by atoms with van der Waals surface area (Å²) in [5.41, 5.74) is -0.0617. The number of hydrogen-bond acceptors (Lipinski definition) is 4. The van der Waals surface area contributed by atoms with Crippen LogP contribution in [0.3, 0.4) is 0 Å². The van der Waals surface area contributed by atoms with E-state index in [1.54, 1.807) is 18.2 Å². The number of rotatable bonds is 8. The molecule has 0 aliphatic heterocycles. The van der Waals surface area contributed by atoms with E-state index in [1.807, 2.05) is 0 Å². The molecular formula is C19H20F3NO4. The second-order valence-corrected chi connectivity index (χ2v) is 5.58. The van der Waals surface area contributed by atoms with E-state index in [-0.39, 0.29) is 25.5 Å². The van der Waals surface area contributed by atoms with Gasteiger partial charge < -0.3 is 19.5 Å². The van der Waals surface area contributed by atoms with Gasteiger partial charge in [0.05, 0.1) is 32.7 Å². The SMILES string of the molecule is COc1ccc(OC)c(CC(=O)NCCOc2ccc(C(F)(F)F)cc2)c1. The van der Waals surface area contributed by atoms with Gasteiger partial charge in [0, 0.05) is 5.56 Å². The number of ether oxygens (including phenoxy) is 3. The molecule has 0 unspecified atom stereocenters. The number of carbonyl (C=O) groups is 1. The molecular weight excluding hydrogens is 363 g/mol. The number of hydrogen-bond donors (Lipinski definition) is 1. The molecule has 0 heterocycles. The zero-order valence-corrected chi connectivity index (χ0v) is 14.9. The van der Waals surface area contributed by atoms with Gasteiger partial charge in [0.2, 0.25) is 5.91 Å². The molecule has 0 fully saturated rings. The summed E-state index contributed by atoms with van der Waals surface area (Å²) in [4.78, 5) is 12.1. The van der Waals surface area contributed by atoms with E-state index < -0.39 is 11.7 Å². The van der Waals surface area contributed by atoms with Crippen molar-refractivity contribution in [2.75, 3.05) is 27.4 Å². The topological polar surface area (TPSA) is 56.8 Å². The Bertz CT molecular complexity index is 761. The molecule has 2 aromatic rings. The van der Waals surface area contributed by atoms with Crippen LogP contribution >= 0.6 is 0 Å². The van der Waals surface area contributed by atoms with Crippen LogP contribution in [-0.2, 0) is 17.4 Å². The lowest BCUT2D eigenvalue weighted by molar-refractivity contribution is -0.137. The van der Waals surface area contributed by atoms with Crippen LogP contribution in [-0.4, -0.2) is 33.3 Å². The molecule has 0 saturated heterocycles. The average molecular weight is 383 g/mol. The smallest absolute Gasteiger partial charge is 0.416 e. The molecule has 27 heavy (non-hydrogen) atoms. The zero-order chi connectivity index (χ0) is 19.9. The van der Waals surface area contributed by atoms with E-state index in [1.165, 1.54) is 26.4 Å². The minimum atomic E-state index is -4.38. The van der Waals surface area contributed by atoms with Crippen LogP contribution in [0.2, 0.25) is 0 Å². The van der Waals surface area contributed by atoms with E-state index >= 15 is 0 Å². The first-order chi connectivity index (χ1) is 12.8. The van der Waals surface area contributed by atoms with Crippen LogP contribution < -0.4 is 19.5 Å². The third kappa shape index (κ3) is 6.09. The van der Waals surface area contributed by atoms with Gasteiger partial charge in [0.15, 0.2) is 0 Å². The lowest BCUT2D eigenvalue weighted by Crippen LogP contribution is -2.29. The Morgan fingerprint density at radius 2 is 1.67 bits per heavy atom. The Morgan fingerprint density at radius 3 is 2.26 bits per heavy atom. The fraction of sp³-hybridized carbons (Fsp3) is 0.316. The normalized spacial score (nSPS) is 11.0. The molecule has 2 rings (SSSR count). The van der Waals surface area contributed by atoms with Crippen molar-refractivity contribution in [3.05, 3.63) is 53.6 Å². The first-order valence-electron chi connectivity index (χ1n) is 8.11. The number of nitrogens with one attached hydrogen (secondary N) is 1. The van der Waals surface area contributed by atoms with E-state index in [9.17, 15) is 18.0 Å². The van der Waals surface area contributed by atoms with Crippen molar-refractivity contribution >= 4 is 5.91 Å². The highest BCUT2D eigenvalue weighted by Crippen LogP contribution is 2.30. The summed E-state index contributed by atoms with van der Waals surface area (Å²) in [5.74, 6) is 1.25. The molecule has 1 N–H and O–H groups in total. The highest BCUT2D eigenvalue weighted by Gasteiger charge is 2.29. The molecule has 0 bridgehead atoms. The van der Waals surface area contributed by atoms with Gasteiger partial charge in [0.1, 0.15) is 23.9 Å². The van der Waals surface area contributed by atoms with Gasteiger partial charge >= 0.3 is 6.18 Å². The maximum Gasteiger partial charge on any atom is 0.416 e. The molecule has 146 valence electrons. The summed E-state index contributed by atoms with van der Waals surface area (Å²) in [7, 11) is 3.05. The fourth-order valence-corrected chi connectivity index (χ4v) is 2.36. The molecule has 0 radical (unpaired) electrons. The van der Waals surface area contributed by atoms with Crippen LogP contribution in [0, 0.1) is 0 Å². The number of alkyl halides is 3. The van der Waals surface area contributed by atoms with E-state index in [0.29, 0.717) is 22.8 Å². The second kappa shape index (κ2) is 9.16. The van der Waals surface area contributed by atoms with Crippen molar-refractivity contribution in [3.8, 4) is 17.2 Å². The highest BCUT2D eigenvalue weighted by atomic mass is 19.4. The summed E-state index contributed by atoms with van der Waals surface area (Å²) >= 11 is 0. The monoisotopic (exact) mass is 383 g/mol. The van der Waals surface area contributed by atoms with Crippen LogP contribution in [0.1, 0.15) is 11.1 Å². The quantitative estimate of drug-likeness (QED) is 0.710. The van der Waals surface area contributed by atoms with Crippen molar-refractivity contribution in [1.82, 2.24) is 5.32 Å². The molecule has 0 aromatic heterocycles. The molecule has 5 nitrogen and oxygen atoms in total. The van der Waals surface area contributed by atoms with E-state index in [0.717, 1.165) is 12.1 Å². The molecule has 0 atom stereocenters. The standard InChI is InChI=1S/C19H20F3NO4/c1-25-16-7-8-17(26-2)13(11-16)12-18(24)23-9-10-27-15-5-3-14(4-6-15)19(20,21)22/h3-8,11H,9-10,12H2,1-2H3,(H,23,24). The van der Waals surface area contributed by atoms with Crippen molar-refractivity contribution in [1.29, 1.82) is 0 Å². The lowest BCUT2D eigenvalue weighted by Gasteiger charge is -2.12. The second-order valence-electron chi connectivity index (χ2n) is 5.58. The minimum absolute atomic E-state index is 0.0979. The van der Waals surface area contributed by atoms with Gasteiger partial charge in [-0.3, -0.25) is 4.79 Å². The number of halogens is 3. The third-order valence-electron chi connectivity index (χ3n) is 3.71. The van der Waals surface area contributed by atoms with Gasteiger partial charge in [0.25, 0.3) is 0 Å². The Balaban J connectivity index is 1.80. The predicted octanol–water partition coefficient (Wildman–Crippen LogP) is 3.46. The van der Waals surface area contributed by atoms with Gasteiger partial charge in [-0.05, 0) is 42.5 Å². The molecule has 0 aliphatic rings. The molecule has 0 saturated carbocycles. The van der Waals surface area contributed by atoms with Crippen molar-refractivity contribution < 1.29 is 32.2 Å². The Hall–Kier alpha value is -2.90. The van der Waals surface area contributed by atoms with Gasteiger partial charge in [-0.2, -0.15) is 13.2 Å². The highest BCUT2D eigenvalue weighted by molar-refractivity contribution is 5.79. The van der Waals surface area contributed by atoms with Gasteiger partial charge in [-0.25, -0.2) is 0 Å². The molecule has 1 amide bonds. The number of carbonyl (C=O) groups excluding carboxylic acids is 1. The molecule has 0 spiro atoms. The maximum atomic E-state index is 12.5. The first kappa shape index (κ1) is 20.4. The first-order valence-corrected chi connectivity index (χ1v) is 8.11. The summed E-state index contributed by atoms with van der Waals surface area (Å²) in [6.45, 7) is 0.346. The van der Waals surface area contributed by atoms with Crippen molar-refractivity contribution in [3.63, 3.8) is 0 Å². The largest absolute Gasteiger partial charge is 0.497 e. The maximum absolute atomic E-state index is 12.5. The van der Waals surface area contributed by atoms with E-state index in [2.05, 4.69) is 5.32 Å². The van der Waals surface area contributed by atoms with Crippen molar-refractivity contribution in [2.45, 2.75) is 12.6 Å². The number of benzene rings is 2. The van der Waals surface area contributed by atoms with Gasteiger partial charge in [-0.1, -0.05) is 0 Å². The van der Waals surface area contributed by atoms with Gasteiger partial charge in [-0.15, -0.1) is 0 Å². The minimum Gasteiger partial charge on any atom is -0.497 e. The number of amides is 1. The third-order valence-corrected chi connectivity index (χ3v) is 3.71. The number of methoxy groups -OCH3 is 2. The van der Waals surface area contributed by atoms with Crippen molar-refractivity contribution in [2.24, 2.45) is 0 Å². The fourth-order valence-electron chi connectivity index (χ4n) is 2.36. The average Bonchev–Trinajstić information content (AvgIpc) is 2.65. The summed E-state index contributed by atoms with van der Waals surface area (Å²) in [6.07, 6.45) is -4.28. The van der Waals surface area contributed by atoms with Crippen LogP contribution in [0.4, 0.5) is 13.2 Å². The predicted molar refractivity (Wildman–Crippen MR) is 93.2 cm³/mol. The summed E-state index contributed by atoms with van der Waals surface area (Å²) < 4.78 is 53.2. The zero-order valence-electron chi connectivity index (χ0n) is 14.9. The molecule has 0 aliphatic carbocycles. The Kier molecular flexibility index (Phi) is 6.92. The summed E-state index contributed by atoms with van der Waals surface area (Å²) in [6, 6.07) is 9.55. The Labute approximate surface area is 155 Å². The van der Waals surface area contributed by atoms with E-state index in [4.69, 9.17) is 14.2 Å². The lowest BCUT2D eigenvalue weighted by atomic mass is 10.1. The Morgan fingerprint density at radius 1 is 1.00 bits per heavy atom. The van der Waals surface area contributed by atoms with Crippen LogP contribution in [0.5, 0.6) is 17.2 Å². The molecule has 2 aromatic carbocycles. The summed E-state index contributed by atoms with van der Waals surface area (Å²) in [5, 5.41) is 2.69. The van der Waals surface area contributed by atoms with Crippen LogP contribution in [0.25, 0.3) is 0 Å². The van der Waals surface area contributed by atoms with Crippen LogP contribution in [0.15, 0.2) is 42.5 Å².